The number of ether oxygens (including phenoxy) is 1. The van der Waals surface area contributed by atoms with Crippen molar-refractivity contribution in [1.82, 2.24) is 20.0 Å². The lowest BCUT2D eigenvalue weighted by Crippen LogP contribution is -2.52. The van der Waals surface area contributed by atoms with Crippen molar-refractivity contribution in [1.29, 1.82) is 0 Å². The molecule has 2 atom stereocenters. The third-order valence-electron chi connectivity index (χ3n) is 10.0. The molecule has 4 heterocycles. The average molecular weight is 629 g/mol. The minimum Gasteiger partial charge on any atom is -0.444 e. The summed E-state index contributed by atoms with van der Waals surface area (Å²) in [5, 5.41) is 11.6. The number of hydrogen-bond donors (Lipinski definition) is 2. The number of aliphatic hydroxyl groups is 1. The number of piperidine rings is 3. The fourth-order valence-corrected chi connectivity index (χ4v) is 7.30. The monoisotopic (exact) mass is 628 g/mol. The number of carbonyl (C=O) groups is 4. The van der Waals surface area contributed by atoms with Gasteiger partial charge in [-0.05, 0) is 88.8 Å². The van der Waals surface area contributed by atoms with Crippen molar-refractivity contribution in [2.24, 2.45) is 5.41 Å². The molecule has 3 saturated heterocycles. The van der Waals surface area contributed by atoms with Crippen LogP contribution in [0.4, 0.5) is 9.18 Å². The van der Waals surface area contributed by atoms with Crippen LogP contribution >= 0.6 is 0 Å². The number of fused-ring (bicyclic) bond motifs is 1. The second kappa shape index (κ2) is 13.0. The Labute approximate surface area is 265 Å². The second-order valence-electron chi connectivity index (χ2n) is 15.0. The predicted molar refractivity (Wildman–Crippen MR) is 166 cm³/mol. The van der Waals surface area contributed by atoms with E-state index in [9.17, 15) is 24.3 Å². The Morgan fingerprint density at radius 1 is 1.02 bits per heavy atom. The molecule has 0 aromatic heterocycles. The van der Waals surface area contributed by atoms with Gasteiger partial charge >= 0.3 is 6.09 Å². The number of nitrogens with zero attached hydrogens (tertiary/aromatic N) is 3. The lowest BCUT2D eigenvalue weighted by Gasteiger charge is -2.49. The van der Waals surface area contributed by atoms with Crippen LogP contribution in [0.25, 0.3) is 0 Å². The largest absolute Gasteiger partial charge is 0.444 e. The van der Waals surface area contributed by atoms with Gasteiger partial charge in [-0.3, -0.25) is 24.6 Å². The summed E-state index contributed by atoms with van der Waals surface area (Å²) in [6.07, 6.45) is 6.00. The minimum atomic E-state index is -0.720. The molecule has 4 fully saturated rings. The van der Waals surface area contributed by atoms with Crippen LogP contribution in [0.1, 0.15) is 113 Å². The van der Waals surface area contributed by atoms with Crippen LogP contribution in [0.2, 0.25) is 0 Å². The maximum Gasteiger partial charge on any atom is 0.410 e. The first-order chi connectivity index (χ1) is 21.1. The summed E-state index contributed by atoms with van der Waals surface area (Å²) in [5.74, 6) is -1.32. The van der Waals surface area contributed by atoms with Crippen molar-refractivity contribution in [2.75, 3.05) is 26.2 Å². The van der Waals surface area contributed by atoms with E-state index in [1.165, 1.54) is 24.2 Å². The highest BCUT2D eigenvalue weighted by Crippen LogP contribution is 2.46. The maximum atomic E-state index is 15.8. The number of carbonyl (C=O) groups excluding carboxylic acids is 4. The summed E-state index contributed by atoms with van der Waals surface area (Å²) in [6, 6.07) is 3.48. The quantitative estimate of drug-likeness (QED) is 0.479. The number of halogens is 1. The number of imide groups is 1. The minimum absolute atomic E-state index is 0.0607. The molecule has 248 valence electrons. The van der Waals surface area contributed by atoms with Gasteiger partial charge in [0.1, 0.15) is 17.5 Å². The van der Waals surface area contributed by atoms with Crippen LogP contribution < -0.4 is 5.32 Å². The Morgan fingerprint density at radius 2 is 1.71 bits per heavy atom. The number of rotatable bonds is 3. The first kappa shape index (κ1) is 33.3. The van der Waals surface area contributed by atoms with Crippen molar-refractivity contribution >= 4 is 23.8 Å². The average Bonchev–Trinajstić information content (AvgIpc) is 3.24. The maximum absolute atomic E-state index is 15.8. The molecule has 0 spiro atoms. The Morgan fingerprint density at radius 3 is 2.29 bits per heavy atom. The van der Waals surface area contributed by atoms with E-state index in [2.05, 4.69) is 24.1 Å². The van der Waals surface area contributed by atoms with Crippen molar-refractivity contribution in [3.8, 4) is 0 Å². The van der Waals surface area contributed by atoms with Crippen LogP contribution in [0.5, 0.6) is 0 Å². The van der Waals surface area contributed by atoms with E-state index in [4.69, 9.17) is 4.74 Å². The molecule has 5 aliphatic rings. The topological polar surface area (TPSA) is 119 Å². The SMILES string of the molecule is CC(C)(C)OC(=O)N1CCC(O)CC1.CC1(C)CN(C2CCC2)CCC1c1ccc2c(c1F)CN(C1CCC(=O)NC1=O)C2=O. The van der Waals surface area contributed by atoms with Gasteiger partial charge in [0.05, 0.1) is 12.6 Å². The van der Waals surface area contributed by atoms with Crippen LogP contribution in [-0.2, 0) is 20.9 Å². The molecule has 2 N–H and O–H groups in total. The van der Waals surface area contributed by atoms with Gasteiger partial charge in [-0.2, -0.15) is 0 Å². The molecule has 0 bridgehead atoms. The molecule has 1 aromatic rings. The molecule has 4 aliphatic heterocycles. The molecule has 4 amide bonds. The summed E-state index contributed by atoms with van der Waals surface area (Å²) in [4.78, 5) is 53.8. The first-order valence-electron chi connectivity index (χ1n) is 16.5. The zero-order valence-electron chi connectivity index (χ0n) is 27.4. The van der Waals surface area contributed by atoms with Gasteiger partial charge in [-0.25, -0.2) is 9.18 Å². The number of amides is 4. The molecule has 0 radical (unpaired) electrons. The van der Waals surface area contributed by atoms with Gasteiger partial charge in [0.15, 0.2) is 0 Å². The summed E-state index contributed by atoms with van der Waals surface area (Å²) in [5.41, 5.74) is 0.928. The molecule has 6 rings (SSSR count). The molecule has 11 heteroatoms. The Hall–Kier alpha value is -3.05. The number of nitrogens with one attached hydrogen (secondary N) is 1. The van der Waals surface area contributed by atoms with Crippen molar-refractivity contribution in [2.45, 2.75) is 122 Å². The molecule has 1 aromatic carbocycles. The van der Waals surface area contributed by atoms with E-state index >= 15 is 4.39 Å². The Kier molecular flexibility index (Phi) is 9.61. The van der Waals surface area contributed by atoms with Gasteiger partial charge in [-0.1, -0.05) is 26.3 Å². The number of benzene rings is 1. The van der Waals surface area contributed by atoms with Crippen LogP contribution in [0.15, 0.2) is 12.1 Å². The summed E-state index contributed by atoms with van der Waals surface area (Å²) >= 11 is 0. The summed E-state index contributed by atoms with van der Waals surface area (Å²) in [7, 11) is 0. The third-order valence-corrected chi connectivity index (χ3v) is 10.0. The highest BCUT2D eigenvalue weighted by molar-refractivity contribution is 6.05. The summed E-state index contributed by atoms with van der Waals surface area (Å²) in [6.45, 7) is 13.2. The van der Waals surface area contributed by atoms with Gasteiger partial charge in [0.2, 0.25) is 11.8 Å². The highest BCUT2D eigenvalue weighted by Gasteiger charge is 2.44. The number of aliphatic hydroxyl groups excluding tert-OH is 1. The lowest BCUT2D eigenvalue weighted by atomic mass is 9.69. The third kappa shape index (κ3) is 7.35. The van der Waals surface area contributed by atoms with Crippen molar-refractivity contribution in [3.05, 3.63) is 34.6 Å². The van der Waals surface area contributed by atoms with Crippen molar-refractivity contribution < 1.29 is 33.4 Å². The second-order valence-corrected chi connectivity index (χ2v) is 15.0. The number of hydrogen-bond acceptors (Lipinski definition) is 7. The molecule has 2 unspecified atom stereocenters. The standard InChI is InChI=1S/C24H30FN3O3.C10H19NO3/c1-24(2)13-27(14-4-3-5-14)11-10-18(24)16-7-6-15-17(21(16)25)12-28(23(15)31)19-8-9-20(29)26-22(19)30;1-10(2,3)14-9(13)11-6-4-8(12)5-7-11/h6-7,14,18-19H,3-5,8-13H2,1-2H3,(H,26,29,30);8,12H,4-7H2,1-3H3. The van der Waals surface area contributed by atoms with Crippen LogP contribution in [0.3, 0.4) is 0 Å². The van der Waals surface area contributed by atoms with Gasteiger partial charge in [0, 0.05) is 43.2 Å². The van der Waals surface area contributed by atoms with Crippen LogP contribution in [-0.4, -0.2) is 93.6 Å². The zero-order valence-corrected chi connectivity index (χ0v) is 27.4. The summed E-state index contributed by atoms with van der Waals surface area (Å²) < 4.78 is 21.0. The van der Waals surface area contributed by atoms with Crippen LogP contribution in [0, 0.1) is 11.2 Å². The van der Waals surface area contributed by atoms with E-state index in [1.54, 1.807) is 17.0 Å². The molecular weight excluding hydrogens is 579 g/mol. The van der Waals surface area contributed by atoms with E-state index < -0.39 is 17.6 Å². The number of likely N-dealkylation sites (tertiary alicyclic amines) is 2. The van der Waals surface area contributed by atoms with Gasteiger partial charge in [0.25, 0.3) is 5.91 Å². The Bertz CT molecular complexity index is 1310. The molecule has 10 nitrogen and oxygen atoms in total. The lowest BCUT2D eigenvalue weighted by molar-refractivity contribution is -0.136. The van der Waals surface area contributed by atoms with Crippen molar-refractivity contribution in [3.63, 3.8) is 0 Å². The fraction of sp³-hybridized carbons (Fsp3) is 0.706. The van der Waals surface area contributed by atoms with E-state index in [0.717, 1.165) is 19.5 Å². The van der Waals surface area contributed by atoms with Gasteiger partial charge in [-0.15, -0.1) is 0 Å². The van der Waals surface area contributed by atoms with E-state index in [1.807, 2.05) is 20.8 Å². The molecule has 1 aliphatic carbocycles. The van der Waals surface area contributed by atoms with E-state index in [0.29, 0.717) is 48.7 Å². The zero-order chi connectivity index (χ0) is 32.7. The van der Waals surface area contributed by atoms with E-state index in [-0.39, 0.29) is 60.5 Å². The smallest absolute Gasteiger partial charge is 0.410 e. The molecular formula is C34H49FN4O6. The molecule has 1 saturated carbocycles. The first-order valence-corrected chi connectivity index (χ1v) is 16.5. The Balaban J connectivity index is 0.000000241. The van der Waals surface area contributed by atoms with Gasteiger partial charge < -0.3 is 19.6 Å². The predicted octanol–water partition coefficient (Wildman–Crippen LogP) is 4.33. The highest BCUT2D eigenvalue weighted by atomic mass is 19.1. The molecule has 45 heavy (non-hydrogen) atoms. The normalized spacial score (nSPS) is 26.1. The fourth-order valence-electron chi connectivity index (χ4n) is 7.30.